The highest BCUT2D eigenvalue weighted by Crippen LogP contribution is 2.79. The molecule has 1 saturated heterocycles. The van der Waals surface area contributed by atoms with Crippen molar-refractivity contribution in [1.29, 1.82) is 0 Å². The van der Waals surface area contributed by atoms with Crippen LogP contribution in [0.3, 0.4) is 0 Å². The minimum atomic E-state index is -0.220. The van der Waals surface area contributed by atoms with Gasteiger partial charge in [-0.1, -0.05) is 34.1 Å². The Morgan fingerprint density at radius 1 is 1.04 bits per heavy atom. The minimum absolute atomic E-state index is 0.131. The Morgan fingerprint density at radius 2 is 1.76 bits per heavy atom. The molecule has 0 aromatic rings. The lowest BCUT2D eigenvalue weighted by Gasteiger charge is -2.60. The van der Waals surface area contributed by atoms with Gasteiger partial charge in [-0.2, -0.15) is 0 Å². The van der Waals surface area contributed by atoms with Gasteiger partial charge in [-0.3, -0.25) is 9.59 Å². The van der Waals surface area contributed by atoms with Crippen LogP contribution in [0.5, 0.6) is 0 Å². The van der Waals surface area contributed by atoms with E-state index in [1.54, 1.807) is 0 Å². The topological polar surface area (TPSA) is 43.4 Å². The molecule has 4 bridgehead atoms. The summed E-state index contributed by atoms with van der Waals surface area (Å²) >= 11 is 0. The van der Waals surface area contributed by atoms with Crippen molar-refractivity contribution in [2.45, 2.75) is 66.2 Å². The van der Waals surface area contributed by atoms with E-state index in [0.29, 0.717) is 23.2 Å². The van der Waals surface area contributed by atoms with E-state index in [9.17, 15) is 9.59 Å². The lowest BCUT2D eigenvalue weighted by Crippen LogP contribution is -2.57. The van der Waals surface area contributed by atoms with Crippen molar-refractivity contribution in [2.75, 3.05) is 0 Å². The second-order valence-electron chi connectivity index (χ2n) is 10.2. The molecule has 0 spiro atoms. The molecule has 1 aliphatic heterocycles. The molecule has 1 heterocycles. The third kappa shape index (κ3) is 1.57. The van der Waals surface area contributed by atoms with Crippen LogP contribution < -0.4 is 0 Å². The van der Waals surface area contributed by atoms with Gasteiger partial charge < -0.3 is 4.74 Å². The molecule has 0 amide bonds. The second kappa shape index (κ2) is 4.89. The van der Waals surface area contributed by atoms with Crippen molar-refractivity contribution in [3.63, 3.8) is 0 Å². The van der Waals surface area contributed by atoms with Crippen LogP contribution in [0.2, 0.25) is 0 Å². The summed E-state index contributed by atoms with van der Waals surface area (Å²) in [4.78, 5) is 24.8. The maximum Gasteiger partial charge on any atom is 0.317 e. The minimum Gasteiger partial charge on any atom is -0.393 e. The van der Waals surface area contributed by atoms with E-state index in [2.05, 4.69) is 27.7 Å². The van der Waals surface area contributed by atoms with Crippen molar-refractivity contribution in [1.82, 2.24) is 0 Å². The molecule has 8 unspecified atom stereocenters. The van der Waals surface area contributed by atoms with Gasteiger partial charge >= 0.3 is 11.9 Å². The summed E-state index contributed by atoms with van der Waals surface area (Å²) in [5.41, 5.74) is 0.540. The first kappa shape index (κ1) is 16.3. The van der Waals surface area contributed by atoms with Gasteiger partial charge in [0.2, 0.25) is 0 Å². The molecule has 10 atom stereocenters. The Balaban J connectivity index is 1.63. The van der Waals surface area contributed by atoms with Crippen LogP contribution in [0.4, 0.5) is 0 Å². The molecule has 138 valence electrons. The summed E-state index contributed by atoms with van der Waals surface area (Å²) in [7, 11) is 0. The number of carbonyl (C=O) groups excluding carboxylic acids is 2. The average molecular weight is 344 g/mol. The van der Waals surface area contributed by atoms with E-state index in [1.807, 2.05) is 0 Å². The Hall–Kier alpha value is -0.860. The van der Waals surface area contributed by atoms with Crippen LogP contribution in [-0.4, -0.2) is 11.9 Å². The fourth-order valence-electron chi connectivity index (χ4n) is 9.43. The monoisotopic (exact) mass is 344 g/mol. The van der Waals surface area contributed by atoms with Crippen LogP contribution in [0.1, 0.15) is 66.2 Å². The summed E-state index contributed by atoms with van der Waals surface area (Å²) < 4.78 is 5.12. The van der Waals surface area contributed by atoms with Crippen LogP contribution in [0.15, 0.2) is 0 Å². The first-order valence-electron chi connectivity index (χ1n) is 10.6. The maximum atomic E-state index is 12.5. The van der Waals surface area contributed by atoms with Crippen LogP contribution >= 0.6 is 0 Å². The van der Waals surface area contributed by atoms with E-state index in [-0.39, 0.29) is 29.2 Å². The van der Waals surface area contributed by atoms with Crippen molar-refractivity contribution in [2.24, 2.45) is 58.2 Å². The molecule has 4 saturated carbocycles. The lowest BCUT2D eigenvalue weighted by atomic mass is 9.43. The molecule has 3 heteroatoms. The number of hydrogen-bond acceptors (Lipinski definition) is 3. The predicted molar refractivity (Wildman–Crippen MR) is 94.3 cm³/mol. The average Bonchev–Trinajstić information content (AvgIpc) is 3.33. The van der Waals surface area contributed by atoms with Gasteiger partial charge in [-0.05, 0) is 78.4 Å². The number of esters is 2. The molecule has 4 aliphatic carbocycles. The van der Waals surface area contributed by atoms with Gasteiger partial charge in [-0.15, -0.1) is 0 Å². The first-order valence-corrected chi connectivity index (χ1v) is 10.6. The van der Waals surface area contributed by atoms with Crippen LogP contribution in [-0.2, 0) is 14.3 Å². The summed E-state index contributed by atoms with van der Waals surface area (Å²) in [6.45, 7) is 9.76. The largest absolute Gasteiger partial charge is 0.393 e. The van der Waals surface area contributed by atoms with Gasteiger partial charge in [0.05, 0.1) is 11.8 Å². The number of carbonyl (C=O) groups is 2. The highest BCUT2D eigenvalue weighted by Gasteiger charge is 2.76. The van der Waals surface area contributed by atoms with E-state index in [4.69, 9.17) is 4.74 Å². The zero-order valence-electron chi connectivity index (χ0n) is 16.1. The molecule has 0 N–H and O–H groups in total. The molecule has 5 rings (SSSR count). The molecule has 5 aliphatic rings. The SMILES string of the molecule is CCCC1(C2(C)C(C)C3CC2[C@H]2C(=O)OC(=O)[C@@H]32)C2CCC(C2)C1C. The normalized spacial score (nSPS) is 58.9. The predicted octanol–water partition coefficient (Wildman–Crippen LogP) is 4.45. The summed E-state index contributed by atoms with van der Waals surface area (Å²) in [5, 5.41) is 0. The fourth-order valence-corrected chi connectivity index (χ4v) is 9.43. The van der Waals surface area contributed by atoms with E-state index < -0.39 is 0 Å². The second-order valence-corrected chi connectivity index (χ2v) is 10.2. The third-order valence-corrected chi connectivity index (χ3v) is 10.3. The number of fused-ring (bicyclic) bond motifs is 7. The van der Waals surface area contributed by atoms with Crippen molar-refractivity contribution in [3.05, 3.63) is 0 Å². The third-order valence-electron chi connectivity index (χ3n) is 10.3. The molecule has 0 aromatic heterocycles. The lowest BCUT2D eigenvalue weighted by molar-refractivity contribution is -0.157. The van der Waals surface area contributed by atoms with E-state index in [0.717, 1.165) is 24.2 Å². The summed E-state index contributed by atoms with van der Waals surface area (Å²) in [5.74, 6) is 2.99. The van der Waals surface area contributed by atoms with Gasteiger partial charge in [0.1, 0.15) is 0 Å². The number of hydrogen-bond donors (Lipinski definition) is 0. The van der Waals surface area contributed by atoms with Crippen molar-refractivity contribution < 1.29 is 14.3 Å². The molecule has 25 heavy (non-hydrogen) atoms. The quantitative estimate of drug-likeness (QED) is 0.561. The standard InChI is InChI=1S/C22H32O3/c1-5-8-22(11(2)13-6-7-14(22)9-13)21(4)12(3)15-10-16(21)18-17(15)19(23)25-20(18)24/h11-18H,5-10H2,1-4H3/t11?,12?,13?,14?,15?,16?,17-,18+,21?,22?/m0/s1. The molecule has 3 nitrogen and oxygen atoms in total. The summed E-state index contributed by atoms with van der Waals surface area (Å²) in [6, 6.07) is 0. The molecule has 0 aromatic carbocycles. The highest BCUT2D eigenvalue weighted by molar-refractivity contribution is 5.97. The molecular weight excluding hydrogens is 312 g/mol. The van der Waals surface area contributed by atoms with Crippen LogP contribution in [0, 0.1) is 58.2 Å². The molecule has 5 fully saturated rings. The smallest absolute Gasteiger partial charge is 0.317 e. The zero-order valence-corrected chi connectivity index (χ0v) is 16.1. The summed E-state index contributed by atoms with van der Waals surface area (Å²) in [6.07, 6.45) is 7.78. The van der Waals surface area contributed by atoms with Crippen molar-refractivity contribution in [3.8, 4) is 0 Å². The molecule has 0 radical (unpaired) electrons. The maximum absolute atomic E-state index is 12.5. The van der Waals surface area contributed by atoms with E-state index in [1.165, 1.54) is 32.1 Å². The number of rotatable bonds is 3. The Kier molecular flexibility index (Phi) is 3.20. The first-order chi connectivity index (χ1) is 11.9. The van der Waals surface area contributed by atoms with E-state index >= 15 is 0 Å². The highest BCUT2D eigenvalue weighted by atomic mass is 16.6. The van der Waals surface area contributed by atoms with Crippen molar-refractivity contribution >= 4 is 11.9 Å². The van der Waals surface area contributed by atoms with Gasteiger partial charge in [0.15, 0.2) is 0 Å². The van der Waals surface area contributed by atoms with Gasteiger partial charge in [-0.25, -0.2) is 0 Å². The Bertz CT molecular complexity index is 637. The Labute approximate surface area is 151 Å². The fraction of sp³-hybridized carbons (Fsp3) is 0.909. The Morgan fingerprint density at radius 3 is 2.40 bits per heavy atom. The van der Waals surface area contributed by atoms with Gasteiger partial charge in [0, 0.05) is 0 Å². The van der Waals surface area contributed by atoms with Crippen LogP contribution in [0.25, 0.3) is 0 Å². The number of ether oxygens (including phenoxy) is 1. The van der Waals surface area contributed by atoms with Gasteiger partial charge in [0.25, 0.3) is 0 Å². The molecular formula is C22H32O3. The zero-order chi connectivity index (χ0) is 17.7. The number of cyclic esters (lactones) is 2.